The number of nitrogens with one attached hydrogen (secondary N) is 2. The molecule has 1 atom stereocenters. The molecule has 7 nitrogen and oxygen atoms in total. The summed E-state index contributed by atoms with van der Waals surface area (Å²) in [5.74, 6) is 0.0716. The Hall–Kier alpha value is -3.00. The first kappa shape index (κ1) is 19.3. The maximum atomic E-state index is 12.6. The zero-order chi connectivity index (χ0) is 20.1. The van der Waals surface area contributed by atoms with Gasteiger partial charge in [0.1, 0.15) is 0 Å². The van der Waals surface area contributed by atoms with E-state index in [9.17, 15) is 9.59 Å². The van der Waals surface area contributed by atoms with Crippen molar-refractivity contribution in [2.24, 2.45) is 5.92 Å². The van der Waals surface area contributed by atoms with Crippen molar-refractivity contribution < 1.29 is 9.59 Å². The highest BCUT2D eigenvalue weighted by Gasteiger charge is 2.25. The lowest BCUT2D eigenvalue weighted by atomic mass is 9.94. The number of rotatable bonds is 7. The number of carbonyl (C=O) groups excluding carboxylic acids is 2. The van der Waals surface area contributed by atoms with Gasteiger partial charge in [-0.25, -0.2) is 0 Å². The second-order valence-electron chi connectivity index (χ2n) is 7.18. The van der Waals surface area contributed by atoms with Crippen LogP contribution < -0.4 is 10.6 Å². The number of hydrogen-bond acceptors (Lipinski definition) is 5. The van der Waals surface area contributed by atoms with Crippen LogP contribution >= 0.6 is 11.3 Å². The molecule has 0 radical (unpaired) electrons. The highest BCUT2D eigenvalue weighted by atomic mass is 32.1. The van der Waals surface area contributed by atoms with Gasteiger partial charge in [0.15, 0.2) is 0 Å². The van der Waals surface area contributed by atoms with Crippen molar-refractivity contribution in [1.29, 1.82) is 0 Å². The van der Waals surface area contributed by atoms with Gasteiger partial charge in [-0.1, -0.05) is 0 Å². The minimum atomic E-state index is -0.122. The average molecular weight is 410 g/mol. The monoisotopic (exact) mass is 409 g/mol. The molecular weight excluding hydrogens is 386 g/mol. The molecule has 0 bridgehead atoms. The van der Waals surface area contributed by atoms with Gasteiger partial charge in [0.2, 0.25) is 0 Å². The van der Waals surface area contributed by atoms with Gasteiger partial charge in [-0.05, 0) is 59.7 Å². The standard InChI is InChI=1S/C21H23N5O2S/c27-20(17-2-1-6-22-12-17)24-11-16-4-8-26-19(10-16)18(13-25-26)21(28)23-7-3-15-5-9-29-14-15/h1-2,5-6,9,12-14,16H,3-4,7-8,10-11H2,(H,23,28)(H,24,27). The Labute approximate surface area is 173 Å². The molecule has 0 aliphatic carbocycles. The average Bonchev–Trinajstić information content (AvgIpc) is 3.42. The lowest BCUT2D eigenvalue weighted by Gasteiger charge is -2.24. The van der Waals surface area contributed by atoms with E-state index in [2.05, 4.69) is 32.2 Å². The number of hydrogen-bond donors (Lipinski definition) is 2. The summed E-state index contributed by atoms with van der Waals surface area (Å²) in [5, 5.41) is 14.5. The zero-order valence-electron chi connectivity index (χ0n) is 16.0. The molecule has 1 aliphatic rings. The number of amides is 2. The summed E-state index contributed by atoms with van der Waals surface area (Å²) in [4.78, 5) is 28.8. The van der Waals surface area contributed by atoms with Crippen molar-refractivity contribution in [2.45, 2.75) is 25.8 Å². The van der Waals surface area contributed by atoms with Crippen LogP contribution in [-0.2, 0) is 19.4 Å². The van der Waals surface area contributed by atoms with Crippen molar-refractivity contribution in [3.63, 3.8) is 0 Å². The molecule has 0 spiro atoms. The fraction of sp³-hybridized carbons (Fsp3) is 0.333. The molecular formula is C21H23N5O2S. The van der Waals surface area contributed by atoms with E-state index >= 15 is 0 Å². The first-order valence-electron chi connectivity index (χ1n) is 9.73. The van der Waals surface area contributed by atoms with Crippen LogP contribution in [0.3, 0.4) is 0 Å². The third kappa shape index (κ3) is 4.71. The van der Waals surface area contributed by atoms with E-state index in [1.165, 1.54) is 5.56 Å². The summed E-state index contributed by atoms with van der Waals surface area (Å²) in [6, 6.07) is 5.57. The fourth-order valence-corrected chi connectivity index (χ4v) is 4.25. The number of pyridine rings is 1. The maximum absolute atomic E-state index is 12.6. The summed E-state index contributed by atoms with van der Waals surface area (Å²) in [6.45, 7) is 1.92. The Morgan fingerprint density at radius 2 is 2.14 bits per heavy atom. The van der Waals surface area contributed by atoms with E-state index in [1.54, 1.807) is 42.1 Å². The molecule has 0 saturated carbocycles. The molecule has 150 valence electrons. The highest BCUT2D eigenvalue weighted by Crippen LogP contribution is 2.22. The SMILES string of the molecule is O=C(NCC1CCn2ncc(C(=O)NCCc3ccsc3)c2C1)c1cccnc1. The number of aryl methyl sites for hydroxylation is 1. The minimum absolute atomic E-state index is 0.0819. The van der Waals surface area contributed by atoms with Gasteiger partial charge in [-0.2, -0.15) is 16.4 Å². The molecule has 4 rings (SSSR count). The predicted octanol–water partition coefficient (Wildman–Crippen LogP) is 2.30. The summed E-state index contributed by atoms with van der Waals surface area (Å²) in [6.07, 6.45) is 7.32. The molecule has 2 amide bonds. The molecule has 1 unspecified atom stereocenters. The Kier molecular flexibility index (Phi) is 6.00. The molecule has 2 N–H and O–H groups in total. The summed E-state index contributed by atoms with van der Waals surface area (Å²) in [5.41, 5.74) is 3.37. The molecule has 8 heteroatoms. The first-order chi connectivity index (χ1) is 14.2. The van der Waals surface area contributed by atoms with Crippen molar-refractivity contribution in [3.05, 3.63) is 69.9 Å². The van der Waals surface area contributed by atoms with Gasteiger partial charge in [-0.3, -0.25) is 19.3 Å². The predicted molar refractivity (Wildman–Crippen MR) is 111 cm³/mol. The topological polar surface area (TPSA) is 88.9 Å². The van der Waals surface area contributed by atoms with Crippen LogP contribution in [0.15, 0.2) is 47.5 Å². The second-order valence-corrected chi connectivity index (χ2v) is 7.96. The van der Waals surface area contributed by atoms with Crippen LogP contribution in [0, 0.1) is 5.92 Å². The second kappa shape index (κ2) is 9.00. The molecule has 4 heterocycles. The van der Waals surface area contributed by atoms with Crippen LogP contribution in [0.25, 0.3) is 0 Å². The normalized spacial score (nSPS) is 15.5. The van der Waals surface area contributed by atoms with Crippen LogP contribution in [0.4, 0.5) is 0 Å². The fourth-order valence-electron chi connectivity index (χ4n) is 3.55. The van der Waals surface area contributed by atoms with E-state index in [-0.39, 0.29) is 17.7 Å². The molecule has 0 saturated heterocycles. The Morgan fingerprint density at radius 3 is 2.93 bits per heavy atom. The quantitative estimate of drug-likeness (QED) is 0.627. The number of fused-ring (bicyclic) bond motifs is 1. The maximum Gasteiger partial charge on any atom is 0.254 e. The smallest absolute Gasteiger partial charge is 0.254 e. The Bertz CT molecular complexity index is 968. The third-order valence-electron chi connectivity index (χ3n) is 5.18. The minimum Gasteiger partial charge on any atom is -0.352 e. The van der Waals surface area contributed by atoms with E-state index in [1.807, 2.05) is 10.1 Å². The van der Waals surface area contributed by atoms with E-state index in [0.717, 1.165) is 31.5 Å². The molecule has 0 fully saturated rings. The molecule has 1 aliphatic heterocycles. The van der Waals surface area contributed by atoms with Gasteiger partial charge in [0.25, 0.3) is 11.8 Å². The Morgan fingerprint density at radius 1 is 1.21 bits per heavy atom. The van der Waals surface area contributed by atoms with Crippen LogP contribution in [0.5, 0.6) is 0 Å². The van der Waals surface area contributed by atoms with Crippen molar-refractivity contribution in [2.75, 3.05) is 13.1 Å². The zero-order valence-corrected chi connectivity index (χ0v) is 16.8. The lowest BCUT2D eigenvalue weighted by molar-refractivity contribution is 0.0935. The molecule has 29 heavy (non-hydrogen) atoms. The van der Waals surface area contributed by atoms with Gasteiger partial charge in [0.05, 0.1) is 23.0 Å². The largest absolute Gasteiger partial charge is 0.352 e. The highest BCUT2D eigenvalue weighted by molar-refractivity contribution is 7.07. The Balaban J connectivity index is 1.32. The van der Waals surface area contributed by atoms with Crippen molar-refractivity contribution >= 4 is 23.2 Å². The van der Waals surface area contributed by atoms with Crippen molar-refractivity contribution in [3.8, 4) is 0 Å². The van der Waals surface area contributed by atoms with Crippen molar-refractivity contribution in [1.82, 2.24) is 25.4 Å². The summed E-state index contributed by atoms with van der Waals surface area (Å²) in [7, 11) is 0. The number of aromatic nitrogens is 3. The number of thiophene rings is 1. The van der Waals surface area contributed by atoms with Crippen LogP contribution in [-0.4, -0.2) is 39.7 Å². The molecule has 3 aromatic rings. The summed E-state index contributed by atoms with van der Waals surface area (Å²) < 4.78 is 1.91. The van der Waals surface area contributed by atoms with Gasteiger partial charge < -0.3 is 10.6 Å². The van der Waals surface area contributed by atoms with Crippen LogP contribution in [0.2, 0.25) is 0 Å². The number of nitrogens with zero attached hydrogens (tertiary/aromatic N) is 3. The first-order valence-corrected chi connectivity index (χ1v) is 10.7. The number of carbonyl (C=O) groups is 2. The van der Waals surface area contributed by atoms with Gasteiger partial charge >= 0.3 is 0 Å². The summed E-state index contributed by atoms with van der Waals surface area (Å²) >= 11 is 1.66. The lowest BCUT2D eigenvalue weighted by Crippen LogP contribution is -2.34. The molecule has 3 aromatic heterocycles. The third-order valence-corrected chi connectivity index (χ3v) is 5.91. The van der Waals surface area contributed by atoms with Crippen LogP contribution in [0.1, 0.15) is 38.4 Å². The van der Waals surface area contributed by atoms with E-state index in [4.69, 9.17) is 0 Å². The molecule has 0 aromatic carbocycles. The van der Waals surface area contributed by atoms with Gasteiger partial charge in [0, 0.05) is 32.0 Å². The van der Waals surface area contributed by atoms with E-state index in [0.29, 0.717) is 24.2 Å². The van der Waals surface area contributed by atoms with Gasteiger partial charge in [-0.15, -0.1) is 0 Å². The van der Waals surface area contributed by atoms with E-state index < -0.39 is 0 Å².